The van der Waals surface area contributed by atoms with Crippen LogP contribution in [-0.2, 0) is 16.1 Å². The second-order valence-electron chi connectivity index (χ2n) is 4.68. The first-order valence-electron chi connectivity index (χ1n) is 6.19. The molecule has 0 saturated carbocycles. The van der Waals surface area contributed by atoms with Gasteiger partial charge in [-0.15, -0.1) is 0 Å². The van der Waals surface area contributed by atoms with E-state index in [9.17, 15) is 9.59 Å². The number of piperidine rings is 1. The van der Waals surface area contributed by atoms with Crippen molar-refractivity contribution >= 4 is 11.8 Å². The summed E-state index contributed by atoms with van der Waals surface area (Å²) in [5.41, 5.74) is 0. The van der Waals surface area contributed by atoms with E-state index in [-0.39, 0.29) is 23.8 Å². The molecule has 2 amide bonds. The van der Waals surface area contributed by atoms with E-state index in [2.05, 4.69) is 15.7 Å². The van der Waals surface area contributed by atoms with Gasteiger partial charge in [-0.25, -0.2) is 0 Å². The van der Waals surface area contributed by atoms with Gasteiger partial charge in [-0.05, 0) is 19.4 Å². The Kier molecular flexibility index (Phi) is 3.96. The van der Waals surface area contributed by atoms with Gasteiger partial charge in [0.05, 0.1) is 12.5 Å². The first-order valence-corrected chi connectivity index (χ1v) is 6.19. The lowest BCUT2D eigenvalue weighted by Crippen LogP contribution is -2.46. The van der Waals surface area contributed by atoms with Crippen LogP contribution in [0, 0.1) is 5.92 Å². The van der Waals surface area contributed by atoms with E-state index >= 15 is 0 Å². The Morgan fingerprint density at radius 3 is 3.17 bits per heavy atom. The van der Waals surface area contributed by atoms with E-state index < -0.39 is 0 Å². The van der Waals surface area contributed by atoms with Crippen LogP contribution in [-0.4, -0.2) is 34.2 Å². The van der Waals surface area contributed by atoms with Crippen molar-refractivity contribution in [3.8, 4) is 0 Å². The van der Waals surface area contributed by atoms with Gasteiger partial charge in [-0.1, -0.05) is 0 Å². The molecule has 2 rings (SSSR count). The Hall–Kier alpha value is -1.85. The molecule has 0 radical (unpaired) electrons. The highest BCUT2D eigenvalue weighted by Crippen LogP contribution is 2.11. The minimum Gasteiger partial charge on any atom is -0.355 e. The van der Waals surface area contributed by atoms with Crippen molar-refractivity contribution in [3.63, 3.8) is 0 Å². The standard InChI is InChI=1S/C12H18N4O2/c1-9(8-16-6-2-5-14-16)15-12(18)10-3-4-11(17)13-7-10/h2,5-6,9-10H,3-4,7-8H2,1H3,(H,13,17)(H,15,18). The number of hydrogen-bond donors (Lipinski definition) is 2. The van der Waals surface area contributed by atoms with Gasteiger partial charge in [-0.3, -0.25) is 14.3 Å². The van der Waals surface area contributed by atoms with Gasteiger partial charge in [0.1, 0.15) is 0 Å². The van der Waals surface area contributed by atoms with Crippen molar-refractivity contribution in [3.05, 3.63) is 18.5 Å². The van der Waals surface area contributed by atoms with Crippen LogP contribution in [0.4, 0.5) is 0 Å². The van der Waals surface area contributed by atoms with Crippen LogP contribution in [0.25, 0.3) is 0 Å². The topological polar surface area (TPSA) is 76.0 Å². The molecule has 1 saturated heterocycles. The van der Waals surface area contributed by atoms with Crippen LogP contribution in [0.3, 0.4) is 0 Å². The molecule has 2 N–H and O–H groups in total. The van der Waals surface area contributed by atoms with Crippen LogP contribution < -0.4 is 10.6 Å². The van der Waals surface area contributed by atoms with E-state index in [1.54, 1.807) is 10.9 Å². The Morgan fingerprint density at radius 1 is 1.72 bits per heavy atom. The molecular weight excluding hydrogens is 232 g/mol. The van der Waals surface area contributed by atoms with Gasteiger partial charge in [0, 0.05) is 31.4 Å². The summed E-state index contributed by atoms with van der Waals surface area (Å²) >= 11 is 0. The van der Waals surface area contributed by atoms with E-state index in [1.165, 1.54) is 0 Å². The molecule has 1 aliphatic rings. The predicted molar refractivity (Wildman–Crippen MR) is 65.6 cm³/mol. The van der Waals surface area contributed by atoms with Gasteiger partial charge >= 0.3 is 0 Å². The highest BCUT2D eigenvalue weighted by Gasteiger charge is 2.25. The maximum Gasteiger partial charge on any atom is 0.225 e. The zero-order valence-electron chi connectivity index (χ0n) is 10.4. The molecular formula is C12H18N4O2. The summed E-state index contributed by atoms with van der Waals surface area (Å²) in [4.78, 5) is 23.0. The molecule has 1 aromatic rings. The molecule has 2 atom stereocenters. The number of carbonyl (C=O) groups is 2. The molecule has 18 heavy (non-hydrogen) atoms. The SMILES string of the molecule is CC(Cn1cccn1)NC(=O)C1CCC(=O)NC1. The van der Waals surface area contributed by atoms with Crippen molar-refractivity contribution < 1.29 is 9.59 Å². The van der Waals surface area contributed by atoms with Crippen molar-refractivity contribution in [1.29, 1.82) is 0 Å². The number of hydrogen-bond acceptors (Lipinski definition) is 3. The van der Waals surface area contributed by atoms with E-state index in [1.807, 2.05) is 19.2 Å². The normalized spacial score (nSPS) is 21.2. The lowest BCUT2D eigenvalue weighted by atomic mass is 9.98. The van der Waals surface area contributed by atoms with E-state index in [0.717, 1.165) is 0 Å². The molecule has 1 aliphatic heterocycles. The fourth-order valence-corrected chi connectivity index (χ4v) is 2.05. The lowest BCUT2D eigenvalue weighted by molar-refractivity contribution is -0.129. The molecule has 0 spiro atoms. The second-order valence-corrected chi connectivity index (χ2v) is 4.68. The van der Waals surface area contributed by atoms with E-state index in [0.29, 0.717) is 25.9 Å². The minimum atomic E-state index is -0.109. The summed E-state index contributed by atoms with van der Waals surface area (Å²) in [6.07, 6.45) is 4.65. The highest BCUT2D eigenvalue weighted by molar-refractivity contribution is 5.83. The largest absolute Gasteiger partial charge is 0.355 e. The molecule has 0 bridgehead atoms. The Labute approximate surface area is 106 Å². The maximum absolute atomic E-state index is 12.0. The van der Waals surface area contributed by atoms with Crippen molar-refractivity contribution in [2.75, 3.05) is 6.54 Å². The molecule has 1 fully saturated rings. The average molecular weight is 250 g/mol. The quantitative estimate of drug-likeness (QED) is 0.784. The van der Waals surface area contributed by atoms with Gasteiger partial charge in [0.25, 0.3) is 0 Å². The summed E-state index contributed by atoms with van der Waals surface area (Å²) in [5.74, 6) is -0.0685. The summed E-state index contributed by atoms with van der Waals surface area (Å²) < 4.78 is 1.79. The van der Waals surface area contributed by atoms with Crippen LogP contribution in [0.1, 0.15) is 19.8 Å². The summed E-state index contributed by atoms with van der Waals surface area (Å²) in [6.45, 7) is 3.04. The molecule has 2 heterocycles. The number of carbonyl (C=O) groups excluding carboxylic acids is 2. The van der Waals surface area contributed by atoms with Crippen LogP contribution >= 0.6 is 0 Å². The fourth-order valence-electron chi connectivity index (χ4n) is 2.05. The van der Waals surface area contributed by atoms with Gasteiger partial charge in [-0.2, -0.15) is 5.10 Å². The van der Waals surface area contributed by atoms with Gasteiger partial charge in [0.2, 0.25) is 11.8 Å². The molecule has 98 valence electrons. The third-order valence-electron chi connectivity index (χ3n) is 3.05. The Bertz CT molecular complexity index is 406. The summed E-state index contributed by atoms with van der Waals surface area (Å²) in [5, 5.41) is 9.76. The van der Waals surface area contributed by atoms with E-state index in [4.69, 9.17) is 0 Å². The van der Waals surface area contributed by atoms with Crippen molar-refractivity contribution in [2.24, 2.45) is 5.92 Å². The maximum atomic E-state index is 12.0. The van der Waals surface area contributed by atoms with Gasteiger partial charge in [0.15, 0.2) is 0 Å². The Morgan fingerprint density at radius 2 is 2.56 bits per heavy atom. The van der Waals surface area contributed by atoms with Crippen molar-refractivity contribution in [2.45, 2.75) is 32.4 Å². The third kappa shape index (κ3) is 3.32. The first-order chi connectivity index (χ1) is 8.65. The fraction of sp³-hybridized carbons (Fsp3) is 0.583. The van der Waals surface area contributed by atoms with Gasteiger partial charge < -0.3 is 10.6 Å². The molecule has 2 unspecified atom stereocenters. The van der Waals surface area contributed by atoms with Crippen LogP contribution in [0.2, 0.25) is 0 Å². The number of nitrogens with zero attached hydrogens (tertiary/aromatic N) is 2. The molecule has 6 heteroatoms. The summed E-state index contributed by atoms with van der Waals surface area (Å²) in [6, 6.07) is 1.88. The number of nitrogens with one attached hydrogen (secondary N) is 2. The molecule has 0 aliphatic carbocycles. The zero-order valence-corrected chi connectivity index (χ0v) is 10.4. The average Bonchev–Trinajstić information content (AvgIpc) is 2.82. The molecule has 6 nitrogen and oxygen atoms in total. The zero-order chi connectivity index (χ0) is 13.0. The molecule has 0 aromatic carbocycles. The molecule has 1 aromatic heterocycles. The second kappa shape index (κ2) is 5.66. The number of amides is 2. The minimum absolute atomic E-state index is 0.00894. The predicted octanol–water partition coefficient (Wildman–Crippen LogP) is -0.0860. The monoisotopic (exact) mass is 250 g/mol. The Balaban J connectivity index is 1.78. The number of rotatable bonds is 4. The highest BCUT2D eigenvalue weighted by atomic mass is 16.2. The lowest BCUT2D eigenvalue weighted by Gasteiger charge is -2.23. The first kappa shape index (κ1) is 12.6. The van der Waals surface area contributed by atoms with Crippen molar-refractivity contribution in [1.82, 2.24) is 20.4 Å². The smallest absolute Gasteiger partial charge is 0.225 e. The third-order valence-corrected chi connectivity index (χ3v) is 3.05. The number of aromatic nitrogens is 2. The summed E-state index contributed by atoms with van der Waals surface area (Å²) in [7, 11) is 0. The van der Waals surface area contributed by atoms with Crippen LogP contribution in [0.5, 0.6) is 0 Å². The van der Waals surface area contributed by atoms with Crippen LogP contribution in [0.15, 0.2) is 18.5 Å².